The van der Waals surface area contributed by atoms with Gasteiger partial charge in [-0.05, 0) is 68.6 Å². The number of Topliss-reactive ketones (excluding diaryl/α,β-unsaturated/α-hetero) is 1. The summed E-state index contributed by atoms with van der Waals surface area (Å²) in [5, 5.41) is 2.77. The Morgan fingerprint density at radius 1 is 1.04 bits per heavy atom. The summed E-state index contributed by atoms with van der Waals surface area (Å²) in [7, 11) is 0. The average molecular weight is 329 g/mol. The number of hydrogen-bond donors (Lipinski definition) is 1. The largest absolute Gasteiger partial charge is 0.481 e. The molecule has 1 atom stereocenters. The molecular formula is C18H19NO3S. The fourth-order valence-corrected chi connectivity index (χ4v) is 2.35. The number of benzene rings is 2. The number of amides is 1. The minimum absolute atomic E-state index is 0.00623. The SMILES string of the molecule is CSc1ccc(O[C@H](C)C(=O)Nc2ccc(C(C)=O)cc2)cc1. The average Bonchev–Trinajstić information content (AvgIpc) is 2.56. The van der Waals surface area contributed by atoms with E-state index in [0.29, 0.717) is 17.0 Å². The van der Waals surface area contributed by atoms with Gasteiger partial charge in [-0.25, -0.2) is 0 Å². The van der Waals surface area contributed by atoms with Gasteiger partial charge in [-0.1, -0.05) is 0 Å². The third kappa shape index (κ3) is 4.86. The third-order valence-corrected chi connectivity index (χ3v) is 4.04. The fraction of sp³-hybridized carbons (Fsp3) is 0.222. The summed E-state index contributed by atoms with van der Waals surface area (Å²) in [4.78, 5) is 24.5. The lowest BCUT2D eigenvalue weighted by atomic mass is 10.1. The van der Waals surface area contributed by atoms with E-state index >= 15 is 0 Å². The van der Waals surface area contributed by atoms with Crippen LogP contribution in [0.25, 0.3) is 0 Å². The van der Waals surface area contributed by atoms with Crippen molar-refractivity contribution in [1.29, 1.82) is 0 Å². The van der Waals surface area contributed by atoms with Crippen LogP contribution in [0.4, 0.5) is 5.69 Å². The monoisotopic (exact) mass is 329 g/mol. The van der Waals surface area contributed by atoms with Crippen LogP contribution in [0.3, 0.4) is 0 Å². The summed E-state index contributed by atoms with van der Waals surface area (Å²) < 4.78 is 5.63. The second-order valence-electron chi connectivity index (χ2n) is 5.06. The number of hydrogen-bond acceptors (Lipinski definition) is 4. The molecule has 1 N–H and O–H groups in total. The zero-order chi connectivity index (χ0) is 16.8. The molecule has 0 bridgehead atoms. The molecule has 0 aliphatic heterocycles. The van der Waals surface area contributed by atoms with Crippen LogP contribution in [-0.2, 0) is 4.79 Å². The van der Waals surface area contributed by atoms with Gasteiger partial charge in [-0.2, -0.15) is 0 Å². The van der Waals surface area contributed by atoms with Gasteiger partial charge in [0, 0.05) is 16.1 Å². The molecule has 0 unspecified atom stereocenters. The molecule has 0 aliphatic carbocycles. The van der Waals surface area contributed by atoms with Crippen molar-refractivity contribution in [3.63, 3.8) is 0 Å². The summed E-state index contributed by atoms with van der Waals surface area (Å²) in [6.07, 6.45) is 1.38. The third-order valence-electron chi connectivity index (χ3n) is 3.30. The lowest BCUT2D eigenvalue weighted by Gasteiger charge is -2.15. The van der Waals surface area contributed by atoms with E-state index in [0.717, 1.165) is 4.90 Å². The van der Waals surface area contributed by atoms with Crippen molar-refractivity contribution in [2.24, 2.45) is 0 Å². The van der Waals surface area contributed by atoms with Crippen LogP contribution in [0, 0.1) is 0 Å². The molecule has 2 aromatic carbocycles. The molecule has 2 rings (SSSR count). The standard InChI is InChI=1S/C18H19NO3S/c1-12(20)14-4-6-15(7-5-14)19-18(21)13(2)22-16-8-10-17(23-3)11-9-16/h4-11,13H,1-3H3,(H,19,21)/t13-/m1/s1. The first-order chi connectivity index (χ1) is 11.0. The highest BCUT2D eigenvalue weighted by atomic mass is 32.2. The zero-order valence-corrected chi connectivity index (χ0v) is 14.1. The molecule has 0 fully saturated rings. The van der Waals surface area contributed by atoms with Crippen molar-refractivity contribution in [3.05, 3.63) is 54.1 Å². The molecule has 4 nitrogen and oxygen atoms in total. The number of carbonyl (C=O) groups excluding carboxylic acids is 2. The molecule has 0 aliphatic rings. The second kappa shape index (κ2) is 7.83. The zero-order valence-electron chi connectivity index (χ0n) is 13.3. The first-order valence-electron chi connectivity index (χ1n) is 7.22. The Balaban J connectivity index is 1.94. The number of carbonyl (C=O) groups is 2. The van der Waals surface area contributed by atoms with E-state index in [1.54, 1.807) is 43.0 Å². The number of ether oxygens (including phenoxy) is 1. The van der Waals surface area contributed by atoms with Gasteiger partial charge in [-0.3, -0.25) is 9.59 Å². The number of thioether (sulfide) groups is 1. The number of ketones is 1. The maximum atomic E-state index is 12.2. The van der Waals surface area contributed by atoms with E-state index in [4.69, 9.17) is 4.74 Å². The van der Waals surface area contributed by atoms with Crippen molar-refractivity contribution >= 4 is 29.1 Å². The van der Waals surface area contributed by atoms with Gasteiger partial charge in [0.25, 0.3) is 5.91 Å². The van der Waals surface area contributed by atoms with Gasteiger partial charge in [-0.15, -0.1) is 11.8 Å². The molecule has 0 saturated heterocycles. The van der Waals surface area contributed by atoms with E-state index in [-0.39, 0.29) is 11.7 Å². The first kappa shape index (κ1) is 17.1. The van der Waals surface area contributed by atoms with Gasteiger partial charge < -0.3 is 10.1 Å². The molecule has 0 aromatic heterocycles. The van der Waals surface area contributed by atoms with Crippen LogP contribution in [-0.4, -0.2) is 24.1 Å². The van der Waals surface area contributed by atoms with E-state index < -0.39 is 6.10 Å². The summed E-state index contributed by atoms with van der Waals surface area (Å²) in [6, 6.07) is 14.4. The molecule has 120 valence electrons. The maximum Gasteiger partial charge on any atom is 0.265 e. The van der Waals surface area contributed by atoms with Crippen molar-refractivity contribution in [3.8, 4) is 5.75 Å². The van der Waals surface area contributed by atoms with Gasteiger partial charge in [0.1, 0.15) is 5.75 Å². The first-order valence-corrected chi connectivity index (χ1v) is 8.44. The molecule has 0 saturated carbocycles. The van der Waals surface area contributed by atoms with Crippen molar-refractivity contribution in [2.75, 3.05) is 11.6 Å². The van der Waals surface area contributed by atoms with Crippen molar-refractivity contribution < 1.29 is 14.3 Å². The van der Waals surface area contributed by atoms with Crippen LogP contribution in [0.2, 0.25) is 0 Å². The number of rotatable bonds is 6. The Labute approximate surface area is 140 Å². The van der Waals surface area contributed by atoms with E-state index in [1.165, 1.54) is 6.92 Å². The Morgan fingerprint density at radius 3 is 2.17 bits per heavy atom. The topological polar surface area (TPSA) is 55.4 Å². The summed E-state index contributed by atoms with van der Waals surface area (Å²) in [5.74, 6) is 0.403. The van der Waals surface area contributed by atoms with Crippen molar-refractivity contribution in [2.45, 2.75) is 24.8 Å². The Bertz CT molecular complexity index is 680. The number of nitrogens with one attached hydrogen (secondary N) is 1. The Morgan fingerprint density at radius 2 is 1.65 bits per heavy atom. The molecule has 0 spiro atoms. The highest BCUT2D eigenvalue weighted by molar-refractivity contribution is 7.98. The van der Waals surface area contributed by atoms with Crippen molar-refractivity contribution in [1.82, 2.24) is 0 Å². The summed E-state index contributed by atoms with van der Waals surface area (Å²) in [5.41, 5.74) is 1.24. The molecule has 5 heteroatoms. The van der Waals surface area contributed by atoms with Crippen LogP contribution in [0.5, 0.6) is 5.75 Å². The summed E-state index contributed by atoms with van der Waals surface area (Å²) in [6.45, 7) is 3.20. The van der Waals surface area contributed by atoms with E-state index in [2.05, 4.69) is 5.32 Å². The highest BCUT2D eigenvalue weighted by Gasteiger charge is 2.15. The lowest BCUT2D eigenvalue weighted by Crippen LogP contribution is -2.30. The van der Waals surface area contributed by atoms with Gasteiger partial charge in [0.15, 0.2) is 11.9 Å². The molecule has 1 amide bonds. The Hall–Kier alpha value is -2.27. The molecule has 23 heavy (non-hydrogen) atoms. The highest BCUT2D eigenvalue weighted by Crippen LogP contribution is 2.20. The quantitative estimate of drug-likeness (QED) is 0.642. The van der Waals surface area contributed by atoms with Crippen LogP contribution >= 0.6 is 11.8 Å². The smallest absolute Gasteiger partial charge is 0.265 e. The lowest BCUT2D eigenvalue weighted by molar-refractivity contribution is -0.122. The fourth-order valence-electron chi connectivity index (χ4n) is 1.94. The van der Waals surface area contributed by atoms with E-state index in [1.807, 2.05) is 30.5 Å². The van der Waals surface area contributed by atoms with Crippen LogP contribution in [0.1, 0.15) is 24.2 Å². The molecule has 0 heterocycles. The minimum Gasteiger partial charge on any atom is -0.481 e. The maximum absolute atomic E-state index is 12.2. The second-order valence-corrected chi connectivity index (χ2v) is 5.94. The van der Waals surface area contributed by atoms with Gasteiger partial charge in [0.2, 0.25) is 0 Å². The van der Waals surface area contributed by atoms with E-state index in [9.17, 15) is 9.59 Å². The molecular weight excluding hydrogens is 310 g/mol. The predicted molar refractivity (Wildman–Crippen MR) is 93.4 cm³/mol. The summed E-state index contributed by atoms with van der Waals surface area (Å²) >= 11 is 1.65. The van der Waals surface area contributed by atoms with Gasteiger partial charge in [0.05, 0.1) is 0 Å². The number of anilines is 1. The van der Waals surface area contributed by atoms with Gasteiger partial charge >= 0.3 is 0 Å². The van der Waals surface area contributed by atoms with Crippen LogP contribution < -0.4 is 10.1 Å². The molecule has 2 aromatic rings. The molecule has 0 radical (unpaired) electrons. The Kier molecular flexibility index (Phi) is 5.82. The minimum atomic E-state index is -0.623. The van der Waals surface area contributed by atoms with Crippen LogP contribution in [0.15, 0.2) is 53.4 Å². The predicted octanol–water partition coefficient (Wildman–Crippen LogP) is 4.02. The normalized spacial score (nSPS) is 11.6.